The largest absolute Gasteiger partial charge is 0.492 e. The molecule has 2 aromatic rings. The highest BCUT2D eigenvalue weighted by Crippen LogP contribution is 2.33. The maximum Gasteiger partial charge on any atom is 0.416 e. The van der Waals surface area contributed by atoms with E-state index in [0.29, 0.717) is 6.54 Å². The summed E-state index contributed by atoms with van der Waals surface area (Å²) in [6, 6.07) is 4.19. The van der Waals surface area contributed by atoms with Crippen molar-refractivity contribution in [3.63, 3.8) is 0 Å². The molecule has 0 radical (unpaired) electrons. The summed E-state index contributed by atoms with van der Waals surface area (Å²) in [5.41, 5.74) is 4.79. The number of hydrogen-bond acceptors (Lipinski definition) is 9. The van der Waals surface area contributed by atoms with Crippen LogP contribution >= 0.6 is 0 Å². The molecule has 1 heterocycles. The highest BCUT2D eigenvalue weighted by atomic mass is 19.4. The molecule has 33 heavy (non-hydrogen) atoms. The van der Waals surface area contributed by atoms with Gasteiger partial charge in [0.15, 0.2) is 17.2 Å². The fourth-order valence-corrected chi connectivity index (χ4v) is 2.81. The highest BCUT2D eigenvalue weighted by Gasteiger charge is 2.32. The number of methoxy groups -OCH3 is 1. The van der Waals surface area contributed by atoms with Crippen molar-refractivity contribution in [3.8, 4) is 17.7 Å². The number of ketones is 1. The summed E-state index contributed by atoms with van der Waals surface area (Å²) in [6.45, 7) is 2.20. The van der Waals surface area contributed by atoms with Crippen LogP contribution in [-0.4, -0.2) is 61.0 Å². The lowest BCUT2D eigenvalue weighted by Gasteiger charge is -2.17. The van der Waals surface area contributed by atoms with Crippen LogP contribution in [0.2, 0.25) is 0 Å². The molecular weight excluding hydrogens is 441 g/mol. The third kappa shape index (κ3) is 7.21. The molecule has 3 N–H and O–H groups in total. The average Bonchev–Trinajstić information content (AvgIpc) is 2.72. The normalized spacial score (nSPS) is 12.2. The van der Waals surface area contributed by atoms with Crippen LogP contribution in [0.5, 0.6) is 11.6 Å². The number of carbonyl (C=O) groups excluding carboxylic acids is 1. The number of ether oxygens (including phenoxy) is 2. The number of anilines is 2. The zero-order valence-corrected chi connectivity index (χ0v) is 18.7. The number of benzene rings is 1. The summed E-state index contributed by atoms with van der Waals surface area (Å²) in [6.07, 6.45) is -4.90. The van der Waals surface area contributed by atoms with E-state index in [1.165, 1.54) is 20.1 Å². The molecule has 0 unspecified atom stereocenters. The Morgan fingerprint density at radius 1 is 1.30 bits per heavy atom. The number of carbonyl (C=O) groups is 1. The standard InChI is InChI=1S/C21H25F3N6O3/c1-12(27-18-16(11-25)19(32-4)29-20(26)28-18)17(31)9-13-7-14(21(22,23)24)10-15(8-13)33-6-5-30(2)3/h7-8,10,12H,5-6,9H2,1-4H3,(H3,26,27,28,29)/t12-/m0/s1. The fraction of sp³-hybridized carbons (Fsp3) is 0.429. The highest BCUT2D eigenvalue weighted by molar-refractivity contribution is 5.88. The van der Waals surface area contributed by atoms with E-state index in [-0.39, 0.29) is 47.6 Å². The number of halogens is 3. The number of hydrogen-bond donors (Lipinski definition) is 2. The number of nitrogens with two attached hydrogens (primary N) is 1. The van der Waals surface area contributed by atoms with Crippen molar-refractivity contribution in [2.45, 2.75) is 25.6 Å². The van der Waals surface area contributed by atoms with Gasteiger partial charge in [0.25, 0.3) is 0 Å². The van der Waals surface area contributed by atoms with E-state index in [9.17, 15) is 23.2 Å². The molecule has 0 aliphatic carbocycles. The van der Waals surface area contributed by atoms with E-state index in [4.69, 9.17) is 15.2 Å². The molecule has 0 spiro atoms. The van der Waals surface area contributed by atoms with Gasteiger partial charge in [-0.15, -0.1) is 0 Å². The van der Waals surface area contributed by atoms with E-state index in [0.717, 1.165) is 12.1 Å². The molecule has 0 aliphatic rings. The van der Waals surface area contributed by atoms with Gasteiger partial charge in [0.1, 0.15) is 18.4 Å². The van der Waals surface area contributed by atoms with Crippen molar-refractivity contribution in [3.05, 3.63) is 34.9 Å². The second-order valence-corrected chi connectivity index (χ2v) is 7.45. The number of likely N-dealkylation sites (N-methyl/N-ethyl adjacent to an activating group) is 1. The molecule has 0 bridgehead atoms. The van der Waals surface area contributed by atoms with Crippen LogP contribution in [0.25, 0.3) is 0 Å². The molecule has 0 amide bonds. The lowest BCUT2D eigenvalue weighted by molar-refractivity contribution is -0.137. The second-order valence-electron chi connectivity index (χ2n) is 7.45. The zero-order valence-electron chi connectivity index (χ0n) is 18.7. The van der Waals surface area contributed by atoms with Gasteiger partial charge in [-0.1, -0.05) is 0 Å². The van der Waals surface area contributed by atoms with Gasteiger partial charge in [-0.05, 0) is 44.8 Å². The Balaban J connectivity index is 2.23. The molecule has 1 aromatic heterocycles. The van der Waals surface area contributed by atoms with Crippen LogP contribution in [0, 0.1) is 11.3 Å². The quantitative estimate of drug-likeness (QED) is 0.543. The number of nitriles is 1. The maximum absolute atomic E-state index is 13.3. The van der Waals surface area contributed by atoms with Crippen molar-refractivity contribution in [2.24, 2.45) is 0 Å². The lowest BCUT2D eigenvalue weighted by atomic mass is 10.0. The molecule has 12 heteroatoms. The van der Waals surface area contributed by atoms with Crippen LogP contribution in [0.1, 0.15) is 23.6 Å². The van der Waals surface area contributed by atoms with E-state index in [1.807, 2.05) is 25.1 Å². The Hall–Kier alpha value is -3.59. The van der Waals surface area contributed by atoms with Gasteiger partial charge in [0, 0.05) is 13.0 Å². The van der Waals surface area contributed by atoms with Crippen molar-refractivity contribution >= 4 is 17.5 Å². The summed E-state index contributed by atoms with van der Waals surface area (Å²) < 4.78 is 50.5. The number of nitrogens with one attached hydrogen (secondary N) is 1. The number of alkyl halides is 3. The first kappa shape index (κ1) is 25.7. The third-order valence-corrected chi connectivity index (χ3v) is 4.51. The average molecular weight is 466 g/mol. The fourth-order valence-electron chi connectivity index (χ4n) is 2.81. The van der Waals surface area contributed by atoms with Crippen LogP contribution in [0.3, 0.4) is 0 Å². The number of Topliss-reactive ketones (excluding diaryl/α,β-unsaturated/α-hetero) is 1. The predicted molar refractivity (Wildman–Crippen MR) is 115 cm³/mol. The van der Waals surface area contributed by atoms with Crippen molar-refractivity contribution < 1.29 is 27.4 Å². The van der Waals surface area contributed by atoms with E-state index >= 15 is 0 Å². The number of rotatable bonds is 10. The molecule has 1 aromatic carbocycles. The third-order valence-electron chi connectivity index (χ3n) is 4.51. The minimum atomic E-state index is -4.60. The Bertz CT molecular complexity index is 1040. The van der Waals surface area contributed by atoms with Gasteiger partial charge >= 0.3 is 6.18 Å². The maximum atomic E-state index is 13.3. The summed E-state index contributed by atoms with van der Waals surface area (Å²) in [5, 5.41) is 12.1. The van der Waals surface area contributed by atoms with E-state index in [1.54, 1.807) is 0 Å². The van der Waals surface area contributed by atoms with Gasteiger partial charge in [-0.3, -0.25) is 4.79 Å². The Kier molecular flexibility index (Phi) is 8.42. The van der Waals surface area contributed by atoms with E-state index in [2.05, 4.69) is 15.3 Å². The monoisotopic (exact) mass is 466 g/mol. The molecule has 0 aliphatic heterocycles. The second kappa shape index (κ2) is 10.8. The van der Waals surface area contributed by atoms with E-state index < -0.39 is 23.6 Å². The molecular formula is C21H25F3N6O3. The summed E-state index contributed by atoms with van der Waals surface area (Å²) in [5.74, 6) is -0.668. The topological polar surface area (TPSA) is 126 Å². The Morgan fingerprint density at radius 2 is 2.00 bits per heavy atom. The first-order valence-corrected chi connectivity index (χ1v) is 9.84. The first-order chi connectivity index (χ1) is 15.4. The molecule has 0 fully saturated rings. The summed E-state index contributed by atoms with van der Waals surface area (Å²) >= 11 is 0. The van der Waals surface area contributed by atoms with Crippen LogP contribution < -0.4 is 20.5 Å². The molecule has 1 atom stereocenters. The SMILES string of the molecule is COc1nc(N)nc(N[C@@H](C)C(=O)Cc2cc(OCCN(C)C)cc(C(F)(F)F)c2)c1C#N. The molecule has 0 saturated heterocycles. The molecule has 9 nitrogen and oxygen atoms in total. The smallest absolute Gasteiger partial charge is 0.416 e. The van der Waals surface area contributed by atoms with Gasteiger partial charge in [-0.2, -0.15) is 28.4 Å². The van der Waals surface area contributed by atoms with Gasteiger partial charge in [0.05, 0.1) is 18.7 Å². The van der Waals surface area contributed by atoms with Crippen LogP contribution in [0.15, 0.2) is 18.2 Å². The van der Waals surface area contributed by atoms with Crippen LogP contribution in [0.4, 0.5) is 24.9 Å². The van der Waals surface area contributed by atoms with Crippen molar-refractivity contribution in [1.82, 2.24) is 14.9 Å². The van der Waals surface area contributed by atoms with Gasteiger partial charge < -0.3 is 25.4 Å². The summed E-state index contributed by atoms with van der Waals surface area (Å²) in [4.78, 5) is 22.3. The van der Waals surface area contributed by atoms with Gasteiger partial charge in [0.2, 0.25) is 11.8 Å². The number of nitrogens with zero attached hydrogens (tertiary/aromatic N) is 4. The molecule has 178 valence electrons. The van der Waals surface area contributed by atoms with Gasteiger partial charge in [-0.25, -0.2) is 0 Å². The lowest BCUT2D eigenvalue weighted by Crippen LogP contribution is -2.29. The van der Waals surface area contributed by atoms with Crippen molar-refractivity contribution in [1.29, 1.82) is 5.26 Å². The van der Waals surface area contributed by atoms with Crippen molar-refractivity contribution in [2.75, 3.05) is 45.4 Å². The minimum absolute atomic E-state index is 0.0144. The van der Waals surface area contributed by atoms with Crippen LogP contribution in [-0.2, 0) is 17.4 Å². The number of aromatic nitrogens is 2. The molecule has 2 rings (SSSR count). The Labute approximate surface area is 189 Å². The number of nitrogen functional groups attached to an aromatic ring is 1. The zero-order chi connectivity index (χ0) is 24.8. The first-order valence-electron chi connectivity index (χ1n) is 9.84. The minimum Gasteiger partial charge on any atom is -0.492 e. The summed E-state index contributed by atoms with van der Waals surface area (Å²) in [7, 11) is 4.92. The Morgan fingerprint density at radius 3 is 2.58 bits per heavy atom. The predicted octanol–water partition coefficient (Wildman–Crippen LogP) is 2.51. The molecule has 0 saturated carbocycles.